The number of nitrogens with two attached hydrogens (primary N) is 1. The quantitative estimate of drug-likeness (QED) is 0.593. The van der Waals surface area contributed by atoms with Gasteiger partial charge in [-0.2, -0.15) is 0 Å². The minimum absolute atomic E-state index is 0.136. The van der Waals surface area contributed by atoms with E-state index in [1.165, 1.54) is 0 Å². The highest BCUT2D eigenvalue weighted by Crippen LogP contribution is 2.05. The second-order valence-electron chi connectivity index (χ2n) is 0.991. The molecule has 1 rings (SSSR count). The van der Waals surface area contributed by atoms with Gasteiger partial charge in [0.05, 0.1) is 0 Å². The lowest BCUT2D eigenvalue weighted by atomic mass is 10.6. The van der Waals surface area contributed by atoms with E-state index in [4.69, 9.17) is 5.73 Å². The molecule has 0 aliphatic carbocycles. The van der Waals surface area contributed by atoms with E-state index in [2.05, 4.69) is 8.44 Å². The van der Waals surface area contributed by atoms with Crippen molar-refractivity contribution in [1.29, 1.82) is 0 Å². The zero-order chi connectivity index (χ0) is 5.11. The minimum Gasteiger partial charge on any atom is -0.382 e. The fraction of sp³-hybridized carbons (Fsp3) is 0. The van der Waals surface area contributed by atoms with E-state index in [1.807, 2.05) is 4.01 Å². The molecule has 1 aliphatic rings. The normalized spacial score (nSPS) is 18.0. The summed E-state index contributed by atoms with van der Waals surface area (Å²) in [5.41, 5.74) is 5.22. The van der Waals surface area contributed by atoms with E-state index in [1.54, 1.807) is 6.08 Å². The predicted octanol–water partition coefficient (Wildman–Crippen LogP) is 0.940. The number of hydrogen-bond donors (Lipinski definition) is 1. The summed E-state index contributed by atoms with van der Waals surface area (Å²) in [6.45, 7) is 0. The van der Waals surface area contributed by atoms with Gasteiger partial charge in [-0.25, -0.2) is 0 Å². The van der Waals surface area contributed by atoms with Gasteiger partial charge in [0.2, 0.25) is 0 Å². The number of nitrogens with zero attached hydrogens (tertiary/aromatic N) is 2. The van der Waals surface area contributed by atoms with Crippen molar-refractivity contribution < 1.29 is 0 Å². The second-order valence-corrected chi connectivity index (χ2v) is 2.70. The smallest absolute Gasteiger partial charge is 0.146 e. The molecule has 38 valence electrons. The topological polar surface area (TPSA) is 50.7 Å². The van der Waals surface area contributed by atoms with Gasteiger partial charge in [0, 0.05) is 21.0 Å². The van der Waals surface area contributed by atoms with Crippen molar-refractivity contribution in [1.82, 2.24) is 0 Å². The molecule has 0 aromatic carbocycles. The van der Waals surface area contributed by atoms with Crippen LogP contribution in [0.4, 0.5) is 0 Å². The first-order chi connectivity index (χ1) is 3.39. The van der Waals surface area contributed by atoms with Gasteiger partial charge in [-0.05, 0) is 10.1 Å². The van der Waals surface area contributed by atoms with E-state index in [-0.39, 0.29) is 21.0 Å². The minimum atomic E-state index is -0.136. The Bertz CT molecular complexity index is 146. The first kappa shape index (κ1) is 4.89. The average molecular weight is 209 g/mol. The molecule has 0 saturated heterocycles. The Morgan fingerprint density at radius 2 is 2.57 bits per heavy atom. The van der Waals surface area contributed by atoms with Crippen molar-refractivity contribution in [3.05, 3.63) is 11.9 Å². The zero-order valence-electron chi connectivity index (χ0n) is 3.50. The molecule has 0 fully saturated rings. The SMILES string of the molecule is NC1=CC=IN=N1. The number of rotatable bonds is 0. The van der Waals surface area contributed by atoms with Crippen LogP contribution in [0, 0.1) is 0 Å². The third kappa shape index (κ3) is 1.34. The predicted molar refractivity (Wildman–Crippen MR) is 37.2 cm³/mol. The summed E-state index contributed by atoms with van der Waals surface area (Å²) >= 11 is -0.136. The van der Waals surface area contributed by atoms with Gasteiger partial charge in [-0.3, -0.25) is 0 Å². The molecular formula is C3H4IN3. The molecule has 0 saturated carbocycles. The van der Waals surface area contributed by atoms with Crippen molar-refractivity contribution in [2.75, 3.05) is 0 Å². The summed E-state index contributed by atoms with van der Waals surface area (Å²) in [6.07, 6.45) is 1.79. The third-order valence-electron chi connectivity index (χ3n) is 0.487. The van der Waals surface area contributed by atoms with Crippen LogP contribution in [0.3, 0.4) is 0 Å². The van der Waals surface area contributed by atoms with Gasteiger partial charge < -0.3 is 5.73 Å². The van der Waals surface area contributed by atoms with E-state index in [0.29, 0.717) is 5.82 Å². The van der Waals surface area contributed by atoms with Crippen LogP contribution in [0.25, 0.3) is 0 Å². The largest absolute Gasteiger partial charge is 0.382 e. The Morgan fingerprint density at radius 3 is 2.86 bits per heavy atom. The monoisotopic (exact) mass is 209 g/mol. The molecule has 7 heavy (non-hydrogen) atoms. The van der Waals surface area contributed by atoms with Crippen molar-refractivity contribution in [3.63, 3.8) is 0 Å². The Balaban J connectivity index is 2.82. The van der Waals surface area contributed by atoms with Crippen LogP contribution in [-0.4, -0.2) is 4.01 Å². The zero-order valence-corrected chi connectivity index (χ0v) is 5.66. The van der Waals surface area contributed by atoms with Crippen molar-refractivity contribution in [2.45, 2.75) is 0 Å². The van der Waals surface area contributed by atoms with Crippen LogP contribution in [-0.2, 0) is 0 Å². The molecule has 2 N–H and O–H groups in total. The highest BCUT2D eigenvalue weighted by Gasteiger charge is 1.82. The summed E-state index contributed by atoms with van der Waals surface area (Å²) in [5, 5.41) is 3.61. The van der Waals surface area contributed by atoms with Gasteiger partial charge in [0.25, 0.3) is 0 Å². The van der Waals surface area contributed by atoms with E-state index in [9.17, 15) is 0 Å². The first-order valence-corrected chi connectivity index (χ1v) is 3.93. The Kier molecular flexibility index (Phi) is 1.50. The average Bonchev–Trinajstić information content (AvgIpc) is 1.69. The lowest BCUT2D eigenvalue weighted by molar-refractivity contribution is 1.17. The molecule has 0 bridgehead atoms. The molecule has 0 unspecified atom stereocenters. The van der Waals surface area contributed by atoms with Gasteiger partial charge in [0.1, 0.15) is 5.82 Å². The molecule has 3 nitrogen and oxygen atoms in total. The lowest BCUT2D eigenvalue weighted by Crippen LogP contribution is -1.92. The molecule has 0 radical (unpaired) electrons. The lowest BCUT2D eigenvalue weighted by Gasteiger charge is -1.87. The summed E-state index contributed by atoms with van der Waals surface area (Å²) < 4.78 is 5.72. The standard InChI is InChI=1S/C3H4IN3/c5-3-1-2-4-7-6-3/h1-2H,(H2,5,6). The molecule has 0 aromatic heterocycles. The number of halogens is 1. The Morgan fingerprint density at radius 1 is 1.71 bits per heavy atom. The first-order valence-electron chi connectivity index (χ1n) is 1.72. The van der Waals surface area contributed by atoms with Gasteiger partial charge in [-0.1, -0.05) is 0 Å². The molecule has 4 heteroatoms. The maximum absolute atomic E-state index is 5.22. The maximum atomic E-state index is 5.22. The van der Waals surface area contributed by atoms with Crippen LogP contribution in [0.15, 0.2) is 20.3 Å². The fourth-order valence-corrected chi connectivity index (χ4v) is 1.26. The van der Waals surface area contributed by atoms with Crippen molar-refractivity contribution in [3.8, 4) is 0 Å². The highest BCUT2D eigenvalue weighted by atomic mass is 127. The summed E-state index contributed by atoms with van der Waals surface area (Å²) in [7, 11) is 0. The molecule has 1 aliphatic heterocycles. The van der Waals surface area contributed by atoms with Crippen LogP contribution in [0.5, 0.6) is 0 Å². The summed E-state index contributed by atoms with van der Waals surface area (Å²) in [6, 6.07) is 0. The maximum Gasteiger partial charge on any atom is 0.146 e. The van der Waals surface area contributed by atoms with Crippen LogP contribution in [0.2, 0.25) is 0 Å². The molecular weight excluding hydrogens is 205 g/mol. The number of hydrogen-bond acceptors (Lipinski definition) is 3. The highest BCUT2D eigenvalue weighted by molar-refractivity contribution is 14.2. The van der Waals surface area contributed by atoms with Gasteiger partial charge >= 0.3 is 0 Å². The molecule has 0 spiro atoms. The van der Waals surface area contributed by atoms with Crippen LogP contribution >= 0.6 is 21.0 Å². The second kappa shape index (κ2) is 2.15. The van der Waals surface area contributed by atoms with Crippen molar-refractivity contribution in [2.24, 2.45) is 14.2 Å². The molecule has 0 aromatic rings. The van der Waals surface area contributed by atoms with Gasteiger partial charge in [0.15, 0.2) is 0 Å². The van der Waals surface area contributed by atoms with Crippen LogP contribution in [0.1, 0.15) is 0 Å². The van der Waals surface area contributed by atoms with Gasteiger partial charge in [-0.15, -0.1) is 8.44 Å². The summed E-state index contributed by atoms with van der Waals surface area (Å²) in [5.74, 6) is 0.519. The molecule has 1 heterocycles. The third-order valence-corrected chi connectivity index (χ3v) is 1.63. The molecule has 0 amide bonds. The Labute approximate surface area is 51.4 Å². The van der Waals surface area contributed by atoms with Crippen LogP contribution < -0.4 is 5.73 Å². The van der Waals surface area contributed by atoms with E-state index in [0.717, 1.165) is 0 Å². The van der Waals surface area contributed by atoms with E-state index >= 15 is 0 Å². The van der Waals surface area contributed by atoms with Crippen molar-refractivity contribution >= 4 is 25.0 Å². The van der Waals surface area contributed by atoms with E-state index < -0.39 is 0 Å². The Hall–Kier alpha value is -0.260. The number of allylic oxidation sites excluding steroid dienone is 1. The summed E-state index contributed by atoms with van der Waals surface area (Å²) in [4.78, 5) is 0. The fourth-order valence-electron chi connectivity index (χ4n) is 0.217. The molecule has 0 atom stereocenters.